The van der Waals surface area contributed by atoms with Gasteiger partial charge in [-0.1, -0.05) is 35.4 Å². The SMILES string of the molecule is Cc1ccc(/C(O)=C/c2nc3cc(Cl)ccc3oc2=O)c(C)c1. The second-order valence-electron chi connectivity index (χ2n) is 5.35. The molecule has 0 amide bonds. The smallest absolute Gasteiger partial charge is 0.362 e. The number of benzene rings is 2. The molecule has 0 atom stereocenters. The molecule has 116 valence electrons. The molecule has 0 fully saturated rings. The first-order valence-electron chi connectivity index (χ1n) is 7.03. The molecule has 0 aliphatic heterocycles. The Kier molecular flexibility index (Phi) is 3.92. The third-order valence-electron chi connectivity index (χ3n) is 3.50. The zero-order chi connectivity index (χ0) is 16.6. The van der Waals surface area contributed by atoms with Gasteiger partial charge in [0.05, 0.1) is 0 Å². The van der Waals surface area contributed by atoms with Crippen molar-refractivity contribution in [2.75, 3.05) is 0 Å². The van der Waals surface area contributed by atoms with E-state index in [0.29, 0.717) is 21.7 Å². The van der Waals surface area contributed by atoms with Crippen molar-refractivity contribution < 1.29 is 9.52 Å². The molecule has 3 rings (SSSR count). The first-order chi connectivity index (χ1) is 10.9. The standard InChI is InChI=1S/C18H14ClNO3/c1-10-3-5-13(11(2)7-10)16(21)9-15-18(22)23-17-6-4-12(19)8-14(17)20-15/h3-9,21H,1-2H3/b16-9-. The molecule has 0 bridgehead atoms. The number of hydrogen-bond acceptors (Lipinski definition) is 4. The minimum atomic E-state index is -0.615. The first kappa shape index (κ1) is 15.3. The number of aryl methyl sites for hydroxylation is 2. The predicted octanol–water partition coefficient (Wildman–Crippen LogP) is 4.51. The van der Waals surface area contributed by atoms with Crippen molar-refractivity contribution in [3.8, 4) is 0 Å². The predicted molar refractivity (Wildman–Crippen MR) is 91.7 cm³/mol. The second kappa shape index (κ2) is 5.89. The van der Waals surface area contributed by atoms with Crippen LogP contribution >= 0.6 is 11.6 Å². The Hall–Kier alpha value is -2.59. The van der Waals surface area contributed by atoms with Crippen molar-refractivity contribution in [2.24, 2.45) is 0 Å². The molecule has 23 heavy (non-hydrogen) atoms. The average Bonchev–Trinajstić information content (AvgIpc) is 2.48. The number of hydrogen-bond donors (Lipinski definition) is 1. The van der Waals surface area contributed by atoms with E-state index in [2.05, 4.69) is 4.98 Å². The van der Waals surface area contributed by atoms with Gasteiger partial charge in [-0.2, -0.15) is 0 Å². The fourth-order valence-electron chi connectivity index (χ4n) is 2.39. The molecule has 5 heteroatoms. The van der Waals surface area contributed by atoms with Gasteiger partial charge < -0.3 is 9.52 Å². The number of fused-ring (bicyclic) bond motifs is 1. The second-order valence-corrected chi connectivity index (χ2v) is 5.78. The minimum Gasteiger partial charge on any atom is -0.507 e. The van der Waals surface area contributed by atoms with Crippen LogP contribution in [0, 0.1) is 13.8 Å². The van der Waals surface area contributed by atoms with Gasteiger partial charge in [0, 0.05) is 16.7 Å². The summed E-state index contributed by atoms with van der Waals surface area (Å²) in [4.78, 5) is 16.2. The molecular formula is C18H14ClNO3. The number of rotatable bonds is 2. The fraction of sp³-hybridized carbons (Fsp3) is 0.111. The Labute approximate surface area is 137 Å². The highest BCUT2D eigenvalue weighted by molar-refractivity contribution is 6.31. The molecule has 1 N–H and O–H groups in total. The molecule has 3 aromatic rings. The van der Waals surface area contributed by atoms with E-state index < -0.39 is 5.63 Å². The van der Waals surface area contributed by atoms with E-state index in [-0.39, 0.29) is 11.5 Å². The van der Waals surface area contributed by atoms with Gasteiger partial charge in [-0.3, -0.25) is 0 Å². The van der Waals surface area contributed by atoms with Crippen LogP contribution in [0.3, 0.4) is 0 Å². The summed E-state index contributed by atoms with van der Waals surface area (Å²) >= 11 is 5.92. The number of halogens is 1. The summed E-state index contributed by atoms with van der Waals surface area (Å²) in [6.45, 7) is 3.86. The highest BCUT2D eigenvalue weighted by Crippen LogP contribution is 2.21. The number of aliphatic hydroxyl groups is 1. The maximum atomic E-state index is 12.0. The monoisotopic (exact) mass is 327 g/mol. The van der Waals surface area contributed by atoms with Crippen LogP contribution in [-0.2, 0) is 0 Å². The first-order valence-corrected chi connectivity index (χ1v) is 7.40. The van der Waals surface area contributed by atoms with E-state index >= 15 is 0 Å². The summed E-state index contributed by atoms with van der Waals surface area (Å²) in [6.07, 6.45) is 1.31. The van der Waals surface area contributed by atoms with Crippen molar-refractivity contribution in [2.45, 2.75) is 13.8 Å². The maximum Gasteiger partial charge on any atom is 0.362 e. The van der Waals surface area contributed by atoms with Crippen LogP contribution in [0.5, 0.6) is 0 Å². The van der Waals surface area contributed by atoms with E-state index in [9.17, 15) is 9.90 Å². The van der Waals surface area contributed by atoms with E-state index in [1.54, 1.807) is 24.3 Å². The highest BCUT2D eigenvalue weighted by Gasteiger charge is 2.09. The molecule has 0 radical (unpaired) electrons. The molecular weight excluding hydrogens is 314 g/mol. The van der Waals surface area contributed by atoms with E-state index in [1.165, 1.54) is 6.08 Å². The van der Waals surface area contributed by atoms with Gasteiger partial charge >= 0.3 is 5.63 Å². The molecule has 0 spiro atoms. The van der Waals surface area contributed by atoms with E-state index in [4.69, 9.17) is 16.0 Å². The average molecular weight is 328 g/mol. The van der Waals surface area contributed by atoms with Crippen molar-refractivity contribution in [1.29, 1.82) is 0 Å². The number of nitrogens with zero attached hydrogens (tertiary/aromatic N) is 1. The van der Waals surface area contributed by atoms with Gasteiger partial charge in [0.2, 0.25) is 0 Å². The molecule has 0 aliphatic carbocycles. The molecule has 1 aromatic heterocycles. The normalized spacial score (nSPS) is 11.9. The molecule has 0 unspecified atom stereocenters. The minimum absolute atomic E-state index is 0.0252. The van der Waals surface area contributed by atoms with Crippen molar-refractivity contribution in [1.82, 2.24) is 4.98 Å². The van der Waals surface area contributed by atoms with E-state index in [0.717, 1.165) is 11.1 Å². The Morgan fingerprint density at radius 3 is 2.74 bits per heavy atom. The zero-order valence-corrected chi connectivity index (χ0v) is 13.4. The largest absolute Gasteiger partial charge is 0.507 e. The lowest BCUT2D eigenvalue weighted by molar-refractivity contribution is 0.513. The van der Waals surface area contributed by atoms with Crippen molar-refractivity contribution >= 4 is 34.5 Å². The molecule has 4 nitrogen and oxygen atoms in total. The van der Waals surface area contributed by atoms with Gasteiger partial charge in [-0.25, -0.2) is 9.78 Å². The Morgan fingerprint density at radius 1 is 1.22 bits per heavy atom. The highest BCUT2D eigenvalue weighted by atomic mass is 35.5. The third kappa shape index (κ3) is 3.12. The zero-order valence-electron chi connectivity index (χ0n) is 12.6. The summed E-state index contributed by atoms with van der Waals surface area (Å²) in [5.41, 5.74) is 2.86. The lowest BCUT2D eigenvalue weighted by atomic mass is 10.0. The lowest BCUT2D eigenvalue weighted by Crippen LogP contribution is -2.06. The quantitative estimate of drug-likeness (QED) is 0.703. The van der Waals surface area contributed by atoms with Crippen LogP contribution in [0.2, 0.25) is 5.02 Å². The van der Waals surface area contributed by atoms with Crippen LogP contribution in [0.1, 0.15) is 22.4 Å². The van der Waals surface area contributed by atoms with Crippen LogP contribution < -0.4 is 5.63 Å². The van der Waals surface area contributed by atoms with Gasteiger partial charge in [0.1, 0.15) is 11.3 Å². The Morgan fingerprint density at radius 2 is 2.00 bits per heavy atom. The number of aromatic nitrogens is 1. The summed E-state index contributed by atoms with van der Waals surface area (Å²) in [5, 5.41) is 10.8. The lowest BCUT2D eigenvalue weighted by Gasteiger charge is -2.06. The number of aliphatic hydroxyl groups excluding tert-OH is 1. The Bertz CT molecular complexity index is 989. The van der Waals surface area contributed by atoms with E-state index in [1.807, 2.05) is 26.0 Å². The van der Waals surface area contributed by atoms with Gasteiger partial charge in [0.25, 0.3) is 0 Å². The fourth-order valence-corrected chi connectivity index (χ4v) is 2.56. The van der Waals surface area contributed by atoms with Crippen LogP contribution in [0.4, 0.5) is 0 Å². The van der Waals surface area contributed by atoms with Gasteiger partial charge in [-0.05, 0) is 37.6 Å². The Balaban J connectivity index is 2.12. The van der Waals surface area contributed by atoms with Crippen LogP contribution in [0.15, 0.2) is 45.6 Å². The summed E-state index contributed by atoms with van der Waals surface area (Å²) in [7, 11) is 0. The van der Waals surface area contributed by atoms with Crippen molar-refractivity contribution in [3.63, 3.8) is 0 Å². The molecule has 0 saturated carbocycles. The summed E-state index contributed by atoms with van der Waals surface area (Å²) in [5.74, 6) is -0.0383. The molecule has 1 heterocycles. The van der Waals surface area contributed by atoms with Crippen LogP contribution in [0.25, 0.3) is 22.9 Å². The maximum absolute atomic E-state index is 12.0. The van der Waals surface area contributed by atoms with Crippen LogP contribution in [-0.4, -0.2) is 10.1 Å². The molecule has 0 saturated heterocycles. The summed E-state index contributed by atoms with van der Waals surface area (Å²) < 4.78 is 5.20. The third-order valence-corrected chi connectivity index (χ3v) is 3.74. The molecule has 2 aromatic carbocycles. The summed E-state index contributed by atoms with van der Waals surface area (Å²) in [6, 6.07) is 10.5. The topological polar surface area (TPSA) is 63.3 Å². The molecule has 0 aliphatic rings. The van der Waals surface area contributed by atoms with Gasteiger partial charge in [-0.15, -0.1) is 0 Å². The van der Waals surface area contributed by atoms with Crippen molar-refractivity contribution in [3.05, 3.63) is 74.2 Å². The van der Waals surface area contributed by atoms with Gasteiger partial charge in [0.15, 0.2) is 11.3 Å².